The van der Waals surface area contributed by atoms with Crippen molar-refractivity contribution < 1.29 is 19.5 Å². The summed E-state index contributed by atoms with van der Waals surface area (Å²) >= 11 is 0. The van der Waals surface area contributed by atoms with Crippen LogP contribution in [0, 0.1) is 11.8 Å². The fraction of sp³-hybridized carbons (Fsp3) is 0.308. The van der Waals surface area contributed by atoms with Crippen molar-refractivity contribution in [2.24, 2.45) is 5.73 Å². The normalized spacial score (nSPS) is 15.7. The van der Waals surface area contributed by atoms with Gasteiger partial charge in [-0.1, -0.05) is 36.1 Å². The van der Waals surface area contributed by atoms with E-state index in [1.807, 2.05) is 18.2 Å². The maximum atomic E-state index is 12.4. The highest BCUT2D eigenvalue weighted by Gasteiger charge is 2.24. The van der Waals surface area contributed by atoms with Crippen LogP contribution in [0.25, 0.3) is 6.08 Å². The number of nitrogens with one attached hydrogen (secondary N) is 2. The van der Waals surface area contributed by atoms with E-state index >= 15 is 0 Å². The fourth-order valence-corrected chi connectivity index (χ4v) is 3.45. The molecular formula is C26H30N4O4. The summed E-state index contributed by atoms with van der Waals surface area (Å²) in [5, 5.41) is 11.3. The maximum Gasteiger partial charge on any atom is 0.267 e. The highest BCUT2D eigenvalue weighted by atomic mass is 16.5. The Morgan fingerprint density at radius 3 is 2.44 bits per heavy atom. The number of benzene rings is 2. The number of carbonyl (C=O) groups excluding carboxylic acids is 2. The lowest BCUT2D eigenvalue weighted by molar-refractivity contribution is -0.131. The van der Waals surface area contributed by atoms with Gasteiger partial charge in [0.15, 0.2) is 0 Å². The van der Waals surface area contributed by atoms with Gasteiger partial charge >= 0.3 is 0 Å². The average molecular weight is 463 g/mol. The van der Waals surface area contributed by atoms with Crippen LogP contribution in [0.1, 0.15) is 34.0 Å². The number of allylic oxidation sites excluding steroid dienone is 1. The third kappa shape index (κ3) is 7.54. The summed E-state index contributed by atoms with van der Waals surface area (Å²) in [5.74, 6) is 4.92. The summed E-state index contributed by atoms with van der Waals surface area (Å²) in [5.41, 5.74) is 10.7. The van der Waals surface area contributed by atoms with E-state index in [4.69, 9.17) is 15.7 Å². The smallest absolute Gasteiger partial charge is 0.267 e. The number of carbonyl (C=O) groups is 2. The van der Waals surface area contributed by atoms with Crippen LogP contribution in [0.15, 0.2) is 54.6 Å². The highest BCUT2D eigenvalue weighted by molar-refractivity contribution is 5.97. The molecule has 2 aromatic carbocycles. The lowest BCUT2D eigenvalue weighted by Gasteiger charge is -2.26. The number of hydrogen-bond donors (Lipinski definition) is 4. The van der Waals surface area contributed by atoms with Crippen molar-refractivity contribution in [1.82, 2.24) is 15.7 Å². The molecule has 0 aliphatic carbocycles. The van der Waals surface area contributed by atoms with Crippen LogP contribution in [0.4, 0.5) is 0 Å². The van der Waals surface area contributed by atoms with Crippen LogP contribution in [-0.4, -0.2) is 60.3 Å². The van der Waals surface area contributed by atoms with Crippen LogP contribution in [-0.2, 0) is 16.1 Å². The van der Waals surface area contributed by atoms with Crippen LogP contribution in [0.5, 0.6) is 0 Å². The second-order valence-electron chi connectivity index (χ2n) is 8.10. The molecule has 2 amide bonds. The summed E-state index contributed by atoms with van der Waals surface area (Å²) in [6, 6.07) is 13.4. The lowest BCUT2D eigenvalue weighted by atomic mass is 10.1. The SMILES string of the molecule is C[C@@H](N)[C@H](NC(=O)c1ccc(/C=C/C#Cc2ccc(CN3CCOCC3)cc2)cc1)C(=O)NO. The van der Waals surface area contributed by atoms with Gasteiger partial charge in [-0.15, -0.1) is 0 Å². The molecule has 0 unspecified atom stereocenters. The molecule has 5 N–H and O–H groups in total. The first-order chi connectivity index (χ1) is 16.5. The van der Waals surface area contributed by atoms with Gasteiger partial charge in [0, 0.05) is 36.8 Å². The molecular weight excluding hydrogens is 432 g/mol. The van der Waals surface area contributed by atoms with Gasteiger partial charge in [-0.25, -0.2) is 5.48 Å². The van der Waals surface area contributed by atoms with E-state index in [9.17, 15) is 9.59 Å². The topological polar surface area (TPSA) is 117 Å². The minimum absolute atomic E-state index is 0.372. The molecule has 1 fully saturated rings. The second kappa shape index (κ2) is 12.7. The molecule has 0 radical (unpaired) electrons. The molecule has 0 bridgehead atoms. The Kier molecular flexibility index (Phi) is 9.38. The van der Waals surface area contributed by atoms with E-state index < -0.39 is 23.9 Å². The minimum Gasteiger partial charge on any atom is -0.379 e. The third-order valence-corrected chi connectivity index (χ3v) is 5.42. The first-order valence-corrected chi connectivity index (χ1v) is 11.1. The molecule has 0 spiro atoms. The molecule has 2 atom stereocenters. The molecule has 1 aliphatic heterocycles. The molecule has 8 nitrogen and oxygen atoms in total. The van der Waals surface area contributed by atoms with Crippen molar-refractivity contribution in [2.75, 3.05) is 26.3 Å². The van der Waals surface area contributed by atoms with Crippen LogP contribution < -0.4 is 16.5 Å². The van der Waals surface area contributed by atoms with Crippen LogP contribution in [0.2, 0.25) is 0 Å². The van der Waals surface area contributed by atoms with Crippen molar-refractivity contribution in [1.29, 1.82) is 0 Å². The van der Waals surface area contributed by atoms with E-state index in [0.29, 0.717) is 5.56 Å². The van der Waals surface area contributed by atoms with Gasteiger partial charge in [-0.05, 0) is 54.5 Å². The van der Waals surface area contributed by atoms with Crippen LogP contribution >= 0.6 is 0 Å². The van der Waals surface area contributed by atoms with Crippen LogP contribution in [0.3, 0.4) is 0 Å². The Morgan fingerprint density at radius 2 is 1.82 bits per heavy atom. The third-order valence-electron chi connectivity index (χ3n) is 5.42. The Balaban J connectivity index is 1.52. The number of amides is 2. The van der Waals surface area contributed by atoms with Gasteiger partial charge in [0.1, 0.15) is 6.04 Å². The molecule has 1 saturated heterocycles. The predicted molar refractivity (Wildman–Crippen MR) is 130 cm³/mol. The van der Waals surface area contributed by atoms with E-state index in [1.165, 1.54) is 11.0 Å². The summed E-state index contributed by atoms with van der Waals surface area (Å²) in [7, 11) is 0. The Bertz CT molecular complexity index is 1050. The zero-order valence-corrected chi connectivity index (χ0v) is 19.2. The van der Waals surface area contributed by atoms with Crippen molar-refractivity contribution in [3.05, 3.63) is 76.9 Å². The second-order valence-corrected chi connectivity index (χ2v) is 8.10. The molecule has 34 heavy (non-hydrogen) atoms. The summed E-state index contributed by atoms with van der Waals surface area (Å²) in [6.45, 7) is 6.01. The molecule has 1 aliphatic rings. The van der Waals surface area contributed by atoms with E-state index in [2.05, 4.69) is 34.2 Å². The number of nitrogens with zero attached hydrogens (tertiary/aromatic N) is 1. The molecule has 8 heteroatoms. The summed E-state index contributed by atoms with van der Waals surface area (Å²) < 4.78 is 5.38. The number of hydrogen-bond acceptors (Lipinski definition) is 6. The predicted octanol–water partition coefficient (Wildman–Crippen LogP) is 1.53. The van der Waals surface area contributed by atoms with Crippen molar-refractivity contribution in [2.45, 2.75) is 25.6 Å². The quantitative estimate of drug-likeness (QED) is 0.282. The zero-order chi connectivity index (χ0) is 24.3. The lowest BCUT2D eigenvalue weighted by Crippen LogP contribution is -2.54. The standard InChI is InChI=1S/C26H30N4O4/c1-19(27)24(26(32)29-33)28-25(31)23-12-10-21(11-13-23)5-3-2-4-20-6-8-22(9-7-20)18-30-14-16-34-17-15-30/h3,5-13,19,24,33H,14-18,27H2,1H3,(H,28,31)(H,29,32)/b5-3+/t19-,24+/m1/s1. The van der Waals surface area contributed by atoms with Gasteiger partial charge in [-0.2, -0.15) is 0 Å². The Morgan fingerprint density at radius 1 is 1.15 bits per heavy atom. The monoisotopic (exact) mass is 462 g/mol. The van der Waals surface area contributed by atoms with Gasteiger partial charge in [-0.3, -0.25) is 19.7 Å². The molecule has 0 aromatic heterocycles. The minimum atomic E-state index is -1.04. The molecule has 0 saturated carbocycles. The van der Waals surface area contributed by atoms with E-state index in [1.54, 1.807) is 37.3 Å². The summed E-state index contributed by atoms with van der Waals surface area (Å²) in [6.07, 6.45) is 3.61. The van der Waals surface area contributed by atoms with Crippen molar-refractivity contribution in [3.63, 3.8) is 0 Å². The van der Waals surface area contributed by atoms with E-state index in [-0.39, 0.29) is 0 Å². The number of ether oxygens (including phenoxy) is 1. The molecule has 1 heterocycles. The molecule has 3 rings (SSSR count). The van der Waals surface area contributed by atoms with Gasteiger partial charge in [0.25, 0.3) is 11.8 Å². The van der Waals surface area contributed by atoms with E-state index in [0.717, 1.165) is 44.0 Å². The Labute approximate surface area is 199 Å². The number of hydroxylamine groups is 1. The van der Waals surface area contributed by atoms with Gasteiger partial charge in [0.2, 0.25) is 0 Å². The average Bonchev–Trinajstić information content (AvgIpc) is 2.86. The first-order valence-electron chi connectivity index (χ1n) is 11.1. The highest BCUT2D eigenvalue weighted by Crippen LogP contribution is 2.09. The first kappa shape index (κ1) is 25.1. The fourth-order valence-electron chi connectivity index (χ4n) is 3.45. The summed E-state index contributed by atoms with van der Waals surface area (Å²) in [4.78, 5) is 26.4. The van der Waals surface area contributed by atoms with Crippen molar-refractivity contribution >= 4 is 17.9 Å². The number of morpholine rings is 1. The number of rotatable bonds is 7. The zero-order valence-electron chi connectivity index (χ0n) is 19.2. The van der Waals surface area contributed by atoms with Gasteiger partial charge < -0.3 is 15.8 Å². The maximum absolute atomic E-state index is 12.4. The largest absolute Gasteiger partial charge is 0.379 e. The van der Waals surface area contributed by atoms with Crippen molar-refractivity contribution in [3.8, 4) is 11.8 Å². The van der Waals surface area contributed by atoms with Gasteiger partial charge in [0.05, 0.1) is 13.2 Å². The number of nitrogens with two attached hydrogens (primary N) is 1. The molecule has 178 valence electrons. The molecule has 2 aromatic rings. The Hall–Kier alpha value is -3.48.